The first kappa shape index (κ1) is 8.75. The van der Waals surface area contributed by atoms with Crippen molar-refractivity contribution in [2.24, 2.45) is 0 Å². The monoisotopic (exact) mass is 182 g/mol. The van der Waals surface area contributed by atoms with Gasteiger partial charge in [-0.15, -0.1) is 0 Å². The fourth-order valence-corrected chi connectivity index (χ4v) is 2.29. The van der Waals surface area contributed by atoms with Crippen LogP contribution in [0.15, 0.2) is 11.6 Å². The molecule has 0 amide bonds. The molecule has 2 rings (SSSR count). The normalized spacial score (nSPS) is 39.1. The molecule has 1 spiro atoms. The largest absolute Gasteiger partial charge is 0.449 e. The van der Waals surface area contributed by atoms with Crippen molar-refractivity contribution in [3.63, 3.8) is 0 Å². The lowest BCUT2D eigenvalue weighted by molar-refractivity contribution is -0.160. The van der Waals surface area contributed by atoms with Crippen molar-refractivity contribution >= 4 is 5.97 Å². The summed E-state index contributed by atoms with van der Waals surface area (Å²) in [5.74, 6) is -0.307. The molecule has 1 aliphatic heterocycles. The quantitative estimate of drug-likeness (QED) is 0.572. The summed E-state index contributed by atoms with van der Waals surface area (Å²) in [5.41, 5.74) is 0.208. The SMILES string of the molecule is CC1=CC(=O)O[C@]12CCCC[C@@H]2O. The van der Waals surface area contributed by atoms with Crippen molar-refractivity contribution in [1.82, 2.24) is 0 Å². The van der Waals surface area contributed by atoms with Crippen molar-refractivity contribution < 1.29 is 14.6 Å². The average molecular weight is 182 g/mol. The number of esters is 1. The van der Waals surface area contributed by atoms with Gasteiger partial charge in [0.05, 0.1) is 6.10 Å². The van der Waals surface area contributed by atoms with E-state index in [-0.39, 0.29) is 5.97 Å². The first-order valence-corrected chi connectivity index (χ1v) is 4.75. The van der Waals surface area contributed by atoms with Crippen LogP contribution in [-0.2, 0) is 9.53 Å². The van der Waals surface area contributed by atoms with E-state index in [1.54, 1.807) is 0 Å². The van der Waals surface area contributed by atoms with Gasteiger partial charge in [-0.05, 0) is 31.8 Å². The molecule has 0 aromatic heterocycles. The highest BCUT2D eigenvalue weighted by Crippen LogP contribution is 2.40. The van der Waals surface area contributed by atoms with Gasteiger partial charge in [0.15, 0.2) is 5.60 Å². The molecule has 1 saturated carbocycles. The molecule has 0 unspecified atom stereocenters. The van der Waals surface area contributed by atoms with Gasteiger partial charge in [0.25, 0.3) is 0 Å². The Morgan fingerprint density at radius 2 is 2.38 bits per heavy atom. The molecule has 0 bridgehead atoms. The van der Waals surface area contributed by atoms with Crippen LogP contribution in [0.3, 0.4) is 0 Å². The van der Waals surface area contributed by atoms with E-state index in [1.165, 1.54) is 6.08 Å². The third-order valence-electron chi connectivity index (χ3n) is 3.10. The van der Waals surface area contributed by atoms with Gasteiger partial charge in [-0.3, -0.25) is 0 Å². The molecule has 1 N–H and O–H groups in total. The van der Waals surface area contributed by atoms with Crippen molar-refractivity contribution in [3.05, 3.63) is 11.6 Å². The molecule has 13 heavy (non-hydrogen) atoms. The van der Waals surface area contributed by atoms with Crippen LogP contribution >= 0.6 is 0 Å². The Labute approximate surface area is 77.4 Å². The number of carbonyl (C=O) groups excluding carboxylic acids is 1. The Morgan fingerprint density at radius 3 is 2.92 bits per heavy atom. The van der Waals surface area contributed by atoms with E-state index in [2.05, 4.69) is 0 Å². The summed E-state index contributed by atoms with van der Waals surface area (Å²) in [6, 6.07) is 0. The first-order chi connectivity index (χ1) is 6.15. The highest BCUT2D eigenvalue weighted by molar-refractivity contribution is 5.86. The Bertz CT molecular complexity index is 269. The number of ether oxygens (including phenoxy) is 1. The highest BCUT2D eigenvalue weighted by Gasteiger charge is 2.48. The number of hydrogen-bond acceptors (Lipinski definition) is 3. The smallest absolute Gasteiger partial charge is 0.331 e. The van der Waals surface area contributed by atoms with Gasteiger partial charge in [0, 0.05) is 6.08 Å². The van der Waals surface area contributed by atoms with Crippen LogP contribution < -0.4 is 0 Å². The lowest BCUT2D eigenvalue weighted by atomic mass is 9.78. The number of hydrogen-bond donors (Lipinski definition) is 1. The topological polar surface area (TPSA) is 46.5 Å². The van der Waals surface area contributed by atoms with Crippen molar-refractivity contribution in [2.75, 3.05) is 0 Å². The van der Waals surface area contributed by atoms with Gasteiger partial charge in [-0.25, -0.2) is 4.79 Å². The maximum Gasteiger partial charge on any atom is 0.331 e. The Balaban J connectivity index is 2.29. The lowest BCUT2D eigenvalue weighted by Crippen LogP contribution is -2.46. The van der Waals surface area contributed by atoms with Gasteiger partial charge >= 0.3 is 5.97 Å². The van der Waals surface area contributed by atoms with Crippen molar-refractivity contribution in [2.45, 2.75) is 44.3 Å². The molecule has 1 aliphatic carbocycles. The number of carbonyl (C=O) groups is 1. The third kappa shape index (κ3) is 1.18. The minimum absolute atomic E-state index is 0.307. The van der Waals surface area contributed by atoms with Crippen LogP contribution in [0, 0.1) is 0 Å². The second-order valence-electron chi connectivity index (χ2n) is 3.90. The van der Waals surface area contributed by atoms with E-state index < -0.39 is 11.7 Å². The third-order valence-corrected chi connectivity index (χ3v) is 3.10. The van der Waals surface area contributed by atoms with E-state index in [0.717, 1.165) is 31.3 Å². The lowest BCUT2D eigenvalue weighted by Gasteiger charge is -2.38. The summed E-state index contributed by atoms with van der Waals surface area (Å²) < 4.78 is 5.23. The molecule has 0 saturated heterocycles. The molecule has 0 aromatic rings. The zero-order chi connectivity index (χ0) is 9.47. The van der Waals surface area contributed by atoms with Gasteiger partial charge in [0.2, 0.25) is 0 Å². The van der Waals surface area contributed by atoms with Crippen LogP contribution in [0.2, 0.25) is 0 Å². The van der Waals surface area contributed by atoms with E-state index in [9.17, 15) is 9.90 Å². The predicted octanol–water partition coefficient (Wildman–Crippen LogP) is 1.16. The van der Waals surface area contributed by atoms with E-state index in [1.807, 2.05) is 6.92 Å². The summed E-state index contributed by atoms with van der Waals surface area (Å²) in [7, 11) is 0. The molecule has 1 fully saturated rings. The molecule has 2 aliphatic rings. The van der Waals surface area contributed by atoms with Gasteiger partial charge in [-0.2, -0.15) is 0 Å². The standard InChI is InChI=1S/C10H14O3/c1-7-6-9(12)13-10(7)5-3-2-4-8(10)11/h6,8,11H,2-5H2,1H3/t8-,10+/m0/s1. The van der Waals surface area contributed by atoms with Gasteiger partial charge in [0.1, 0.15) is 0 Å². The summed E-state index contributed by atoms with van der Waals surface area (Å²) in [4.78, 5) is 11.1. The molecule has 2 atom stereocenters. The highest BCUT2D eigenvalue weighted by atomic mass is 16.6. The molecule has 3 heteroatoms. The number of rotatable bonds is 0. The van der Waals surface area contributed by atoms with Gasteiger partial charge in [-0.1, -0.05) is 6.42 Å². The maximum absolute atomic E-state index is 11.1. The van der Waals surface area contributed by atoms with Crippen molar-refractivity contribution in [3.8, 4) is 0 Å². The molecule has 72 valence electrons. The fourth-order valence-electron chi connectivity index (χ4n) is 2.29. The van der Waals surface area contributed by atoms with Crippen LogP contribution in [0.25, 0.3) is 0 Å². The summed E-state index contributed by atoms with van der Waals surface area (Å²) in [5, 5.41) is 9.83. The Hall–Kier alpha value is -0.830. The zero-order valence-electron chi connectivity index (χ0n) is 7.75. The van der Waals surface area contributed by atoms with Crippen molar-refractivity contribution in [1.29, 1.82) is 0 Å². The number of aliphatic hydroxyl groups excluding tert-OH is 1. The van der Waals surface area contributed by atoms with E-state index >= 15 is 0 Å². The van der Waals surface area contributed by atoms with E-state index in [4.69, 9.17) is 4.74 Å². The van der Waals surface area contributed by atoms with Gasteiger partial charge < -0.3 is 9.84 Å². The second kappa shape index (κ2) is 2.84. The first-order valence-electron chi connectivity index (χ1n) is 4.75. The van der Waals surface area contributed by atoms with Crippen LogP contribution in [0.5, 0.6) is 0 Å². The number of aliphatic hydroxyl groups is 1. The van der Waals surface area contributed by atoms with Crippen LogP contribution in [0.4, 0.5) is 0 Å². The maximum atomic E-state index is 11.1. The Morgan fingerprint density at radius 1 is 1.62 bits per heavy atom. The van der Waals surface area contributed by atoms with E-state index in [0.29, 0.717) is 0 Å². The average Bonchev–Trinajstić information content (AvgIpc) is 2.35. The Kier molecular flexibility index (Phi) is 1.91. The summed E-state index contributed by atoms with van der Waals surface area (Å²) >= 11 is 0. The molecular formula is C10H14O3. The minimum atomic E-state index is -0.671. The predicted molar refractivity (Wildman–Crippen MR) is 47.1 cm³/mol. The molecular weight excluding hydrogens is 168 g/mol. The van der Waals surface area contributed by atoms with Crippen LogP contribution in [-0.4, -0.2) is 22.8 Å². The molecule has 0 aromatic carbocycles. The zero-order valence-corrected chi connectivity index (χ0v) is 7.75. The molecule has 1 heterocycles. The molecule has 3 nitrogen and oxygen atoms in total. The summed E-state index contributed by atoms with van der Waals surface area (Å²) in [6.45, 7) is 1.86. The second-order valence-corrected chi connectivity index (χ2v) is 3.90. The van der Waals surface area contributed by atoms with Crippen LogP contribution in [0.1, 0.15) is 32.6 Å². The summed E-state index contributed by atoms with van der Waals surface area (Å²) in [6.07, 6.45) is 4.53. The fraction of sp³-hybridized carbons (Fsp3) is 0.700. The minimum Gasteiger partial charge on any atom is -0.449 e. The molecule has 0 radical (unpaired) electrons.